The van der Waals surface area contributed by atoms with Crippen LogP contribution < -0.4 is 10.1 Å². The fourth-order valence-electron chi connectivity index (χ4n) is 2.28. The van der Waals surface area contributed by atoms with Crippen molar-refractivity contribution >= 4 is 23.3 Å². The Hall–Kier alpha value is -3.15. The highest BCUT2D eigenvalue weighted by molar-refractivity contribution is 5.97. The van der Waals surface area contributed by atoms with Gasteiger partial charge in [0.2, 0.25) is 0 Å². The Labute approximate surface area is 158 Å². The zero-order chi connectivity index (χ0) is 19.8. The normalized spacial score (nSPS) is 11.4. The molecule has 6 heteroatoms. The van der Waals surface area contributed by atoms with Gasteiger partial charge in [0, 0.05) is 11.3 Å². The summed E-state index contributed by atoms with van der Waals surface area (Å²) in [6.45, 7) is 4.72. The van der Waals surface area contributed by atoms with Gasteiger partial charge < -0.3 is 14.8 Å². The summed E-state index contributed by atoms with van der Waals surface area (Å²) in [5, 5.41) is 2.63. The number of ether oxygens (including phenoxy) is 2. The molecule has 0 saturated heterocycles. The zero-order valence-electron chi connectivity index (χ0n) is 15.7. The van der Waals surface area contributed by atoms with Crippen LogP contribution in [-0.2, 0) is 20.7 Å². The number of nitrogens with one attached hydrogen (secondary N) is 1. The van der Waals surface area contributed by atoms with Crippen molar-refractivity contribution in [1.29, 1.82) is 0 Å². The molecule has 1 amide bonds. The first kappa shape index (κ1) is 20.2. The van der Waals surface area contributed by atoms with E-state index >= 15 is 0 Å². The molecule has 142 valence electrons. The SMILES string of the molecule is CCc1ccc(OCC(=O)OC(C)C(=O)Nc2ccc(C(C)=O)cc2)cc1. The predicted molar refractivity (Wildman–Crippen MR) is 102 cm³/mol. The molecular weight excluding hydrogens is 346 g/mol. The number of esters is 1. The second-order valence-corrected chi connectivity index (χ2v) is 6.04. The molecule has 2 aromatic rings. The zero-order valence-corrected chi connectivity index (χ0v) is 15.7. The Morgan fingerprint density at radius 2 is 1.63 bits per heavy atom. The molecule has 0 radical (unpaired) electrons. The van der Waals surface area contributed by atoms with Gasteiger partial charge in [0.05, 0.1) is 0 Å². The summed E-state index contributed by atoms with van der Waals surface area (Å²) >= 11 is 0. The second-order valence-electron chi connectivity index (χ2n) is 6.04. The Kier molecular flexibility index (Phi) is 7.11. The van der Waals surface area contributed by atoms with E-state index < -0.39 is 18.0 Å². The number of amides is 1. The Balaban J connectivity index is 1.80. The van der Waals surface area contributed by atoms with E-state index in [9.17, 15) is 14.4 Å². The third-order valence-electron chi connectivity index (χ3n) is 3.92. The number of rotatable bonds is 8. The number of ketones is 1. The van der Waals surface area contributed by atoms with E-state index in [1.165, 1.54) is 19.4 Å². The molecule has 0 saturated carbocycles. The maximum Gasteiger partial charge on any atom is 0.344 e. The molecule has 0 spiro atoms. The van der Waals surface area contributed by atoms with Crippen LogP contribution in [0.1, 0.15) is 36.7 Å². The van der Waals surface area contributed by atoms with E-state index in [1.807, 2.05) is 12.1 Å². The smallest absolute Gasteiger partial charge is 0.344 e. The van der Waals surface area contributed by atoms with E-state index in [2.05, 4.69) is 12.2 Å². The number of anilines is 1. The average molecular weight is 369 g/mol. The van der Waals surface area contributed by atoms with E-state index in [-0.39, 0.29) is 12.4 Å². The van der Waals surface area contributed by atoms with Crippen LogP contribution in [-0.4, -0.2) is 30.4 Å². The van der Waals surface area contributed by atoms with Crippen molar-refractivity contribution in [2.75, 3.05) is 11.9 Å². The quantitative estimate of drug-likeness (QED) is 0.570. The third kappa shape index (κ3) is 6.26. The van der Waals surface area contributed by atoms with Crippen LogP contribution in [0.15, 0.2) is 48.5 Å². The molecule has 0 heterocycles. The van der Waals surface area contributed by atoms with Gasteiger partial charge in [-0.15, -0.1) is 0 Å². The number of carbonyl (C=O) groups is 3. The highest BCUT2D eigenvalue weighted by Gasteiger charge is 2.18. The first-order valence-corrected chi connectivity index (χ1v) is 8.72. The maximum absolute atomic E-state index is 12.1. The van der Waals surface area contributed by atoms with Crippen LogP contribution in [0.2, 0.25) is 0 Å². The number of hydrogen-bond acceptors (Lipinski definition) is 5. The fraction of sp³-hybridized carbons (Fsp3) is 0.286. The molecule has 2 rings (SSSR count). The van der Waals surface area contributed by atoms with Crippen molar-refractivity contribution < 1.29 is 23.9 Å². The lowest BCUT2D eigenvalue weighted by molar-refractivity contribution is -0.155. The molecular formula is C21H23NO5. The van der Waals surface area contributed by atoms with Crippen molar-refractivity contribution in [3.05, 3.63) is 59.7 Å². The van der Waals surface area contributed by atoms with E-state index in [0.29, 0.717) is 17.0 Å². The van der Waals surface area contributed by atoms with Gasteiger partial charge >= 0.3 is 5.97 Å². The number of benzene rings is 2. The minimum atomic E-state index is -0.976. The van der Waals surface area contributed by atoms with Crippen molar-refractivity contribution in [1.82, 2.24) is 0 Å². The topological polar surface area (TPSA) is 81.7 Å². The Bertz CT molecular complexity index is 796. The highest BCUT2D eigenvalue weighted by Crippen LogP contribution is 2.13. The summed E-state index contributed by atoms with van der Waals surface area (Å²) in [5.41, 5.74) is 2.24. The summed E-state index contributed by atoms with van der Waals surface area (Å²) in [5.74, 6) is -0.596. The first-order chi connectivity index (χ1) is 12.9. The lowest BCUT2D eigenvalue weighted by Gasteiger charge is -2.14. The molecule has 0 aliphatic rings. The maximum atomic E-state index is 12.1. The van der Waals surface area contributed by atoms with Gasteiger partial charge in [-0.1, -0.05) is 19.1 Å². The van der Waals surface area contributed by atoms with E-state index in [4.69, 9.17) is 9.47 Å². The third-order valence-corrected chi connectivity index (χ3v) is 3.92. The molecule has 2 aromatic carbocycles. The van der Waals surface area contributed by atoms with E-state index in [1.54, 1.807) is 36.4 Å². The van der Waals surface area contributed by atoms with Crippen molar-refractivity contribution in [3.8, 4) is 5.75 Å². The second kappa shape index (κ2) is 9.52. The van der Waals surface area contributed by atoms with Crippen LogP contribution in [0.4, 0.5) is 5.69 Å². The van der Waals surface area contributed by atoms with Crippen LogP contribution >= 0.6 is 0 Å². The average Bonchev–Trinajstić information content (AvgIpc) is 2.67. The minimum Gasteiger partial charge on any atom is -0.482 e. The molecule has 0 aromatic heterocycles. The molecule has 0 aliphatic carbocycles. The van der Waals surface area contributed by atoms with Gasteiger partial charge in [0.15, 0.2) is 18.5 Å². The Morgan fingerprint density at radius 3 is 2.19 bits per heavy atom. The summed E-state index contributed by atoms with van der Waals surface area (Å²) in [4.78, 5) is 35.2. The summed E-state index contributed by atoms with van der Waals surface area (Å²) < 4.78 is 10.4. The van der Waals surface area contributed by atoms with Gasteiger partial charge in [0.1, 0.15) is 5.75 Å². The van der Waals surface area contributed by atoms with Crippen LogP contribution in [0.5, 0.6) is 5.75 Å². The van der Waals surface area contributed by atoms with Crippen LogP contribution in [0.25, 0.3) is 0 Å². The summed E-state index contributed by atoms with van der Waals surface area (Å²) in [6, 6.07) is 13.9. The van der Waals surface area contributed by atoms with Crippen molar-refractivity contribution in [2.45, 2.75) is 33.3 Å². The lowest BCUT2D eigenvalue weighted by Crippen LogP contribution is -2.31. The predicted octanol–water partition coefficient (Wildman–Crippen LogP) is 3.40. The van der Waals surface area contributed by atoms with E-state index in [0.717, 1.165) is 6.42 Å². The highest BCUT2D eigenvalue weighted by atomic mass is 16.6. The van der Waals surface area contributed by atoms with Gasteiger partial charge in [-0.3, -0.25) is 9.59 Å². The number of carbonyl (C=O) groups excluding carboxylic acids is 3. The number of aryl methyl sites for hydroxylation is 1. The molecule has 1 unspecified atom stereocenters. The van der Waals surface area contributed by atoms with Crippen molar-refractivity contribution in [3.63, 3.8) is 0 Å². The monoisotopic (exact) mass is 369 g/mol. The van der Waals surface area contributed by atoms with Gasteiger partial charge in [-0.05, 0) is 62.2 Å². The van der Waals surface area contributed by atoms with Crippen LogP contribution in [0.3, 0.4) is 0 Å². The Morgan fingerprint density at radius 1 is 1.00 bits per heavy atom. The summed E-state index contributed by atoms with van der Waals surface area (Å²) in [7, 11) is 0. The number of hydrogen-bond donors (Lipinski definition) is 1. The molecule has 1 atom stereocenters. The van der Waals surface area contributed by atoms with Gasteiger partial charge in [-0.25, -0.2) is 4.79 Å². The summed E-state index contributed by atoms with van der Waals surface area (Å²) in [6.07, 6.45) is -0.0528. The minimum absolute atomic E-state index is 0.0560. The molecule has 6 nitrogen and oxygen atoms in total. The van der Waals surface area contributed by atoms with Gasteiger partial charge in [-0.2, -0.15) is 0 Å². The number of Topliss-reactive ketones (excluding diaryl/α,β-unsaturated/α-hetero) is 1. The first-order valence-electron chi connectivity index (χ1n) is 8.72. The molecule has 0 aliphatic heterocycles. The van der Waals surface area contributed by atoms with Crippen molar-refractivity contribution in [2.24, 2.45) is 0 Å². The molecule has 0 bridgehead atoms. The largest absolute Gasteiger partial charge is 0.482 e. The molecule has 0 fully saturated rings. The molecule has 27 heavy (non-hydrogen) atoms. The van der Waals surface area contributed by atoms with Crippen LogP contribution in [0, 0.1) is 0 Å². The standard InChI is InChI=1S/C21H23NO5/c1-4-16-5-11-19(12-6-16)26-13-20(24)27-15(3)21(25)22-18-9-7-17(8-10-18)14(2)23/h5-12,15H,4,13H2,1-3H3,(H,22,25). The van der Waals surface area contributed by atoms with Gasteiger partial charge in [0.25, 0.3) is 5.91 Å². The fourth-order valence-corrected chi connectivity index (χ4v) is 2.28. The lowest BCUT2D eigenvalue weighted by atomic mass is 10.1. The molecule has 1 N–H and O–H groups in total.